The number of hydrogen-bond donors (Lipinski definition) is 0. The van der Waals surface area contributed by atoms with Crippen LogP contribution in [0.1, 0.15) is 13.3 Å². The first-order chi connectivity index (χ1) is 5.24. The molecule has 0 aromatic carbocycles. The molecule has 0 atom stereocenters. The van der Waals surface area contributed by atoms with Crippen LogP contribution < -0.4 is 5.11 Å². The Bertz CT molecular complexity index is 81.3. The minimum absolute atomic E-state index is 0.134. The van der Waals surface area contributed by atoms with Crippen LogP contribution in [0.2, 0.25) is 0 Å². The van der Waals surface area contributed by atoms with E-state index in [0.717, 1.165) is 6.42 Å². The van der Waals surface area contributed by atoms with Gasteiger partial charge in [-0.25, -0.2) is 0 Å². The fourth-order valence-corrected chi connectivity index (χ4v) is 1.04. The Kier molecular flexibility index (Phi) is 5.46. The molecule has 68 valence electrons. The largest absolute Gasteiger partial charge is 0.854 e. The molecule has 0 bridgehead atoms. The Balaban J connectivity index is 3.96. The molecule has 0 saturated carbocycles. The molecule has 0 fully saturated rings. The van der Waals surface area contributed by atoms with Crippen LogP contribution in [0.15, 0.2) is 0 Å². The monoisotopic (exact) mass is 161 g/mol. The predicted molar refractivity (Wildman–Crippen MR) is 41.3 cm³/mol. The highest BCUT2D eigenvalue weighted by Crippen LogP contribution is 2.20. The van der Waals surface area contributed by atoms with Gasteiger partial charge in [0.1, 0.15) is 0 Å². The van der Waals surface area contributed by atoms with Crippen LogP contribution in [0.25, 0.3) is 0 Å². The second-order valence-corrected chi connectivity index (χ2v) is 2.86. The van der Waals surface area contributed by atoms with Gasteiger partial charge in [-0.3, -0.25) is 0 Å². The molecule has 0 unspecified atom stereocenters. The summed E-state index contributed by atoms with van der Waals surface area (Å²) in [5.74, 6) is 0. The molecule has 0 aliphatic carbocycles. The average Bonchev–Trinajstić information content (AvgIpc) is 2.04. The summed E-state index contributed by atoms with van der Waals surface area (Å²) in [6.07, 6.45) is 0.804. The van der Waals surface area contributed by atoms with E-state index in [1.54, 1.807) is 14.2 Å². The highest BCUT2D eigenvalue weighted by molar-refractivity contribution is 4.75. The van der Waals surface area contributed by atoms with Crippen molar-refractivity contribution in [2.75, 3.05) is 34.0 Å². The molecule has 0 saturated heterocycles. The second kappa shape index (κ2) is 5.52. The molecule has 0 spiro atoms. The van der Waals surface area contributed by atoms with Crippen molar-refractivity contribution in [2.45, 2.75) is 13.3 Å². The van der Waals surface area contributed by atoms with Gasteiger partial charge in [-0.2, -0.15) is 0 Å². The quantitative estimate of drug-likeness (QED) is 0.552. The van der Waals surface area contributed by atoms with Gasteiger partial charge in [0, 0.05) is 19.6 Å². The topological polar surface area (TPSA) is 41.5 Å². The van der Waals surface area contributed by atoms with E-state index in [9.17, 15) is 5.11 Å². The third kappa shape index (κ3) is 3.18. The Labute approximate surface area is 68.3 Å². The average molecular weight is 161 g/mol. The fraction of sp³-hybridized carbons (Fsp3) is 1.00. The molecule has 3 nitrogen and oxygen atoms in total. The number of ether oxygens (including phenoxy) is 2. The summed E-state index contributed by atoms with van der Waals surface area (Å²) < 4.78 is 9.92. The van der Waals surface area contributed by atoms with Crippen LogP contribution >= 0.6 is 0 Å². The molecule has 11 heavy (non-hydrogen) atoms. The van der Waals surface area contributed by atoms with Gasteiger partial charge in [0.15, 0.2) is 0 Å². The van der Waals surface area contributed by atoms with E-state index in [1.807, 2.05) is 6.92 Å². The van der Waals surface area contributed by atoms with Gasteiger partial charge in [-0.05, 0) is 6.42 Å². The second-order valence-electron chi connectivity index (χ2n) is 2.86. The zero-order valence-electron chi connectivity index (χ0n) is 7.55. The van der Waals surface area contributed by atoms with Gasteiger partial charge in [0.2, 0.25) is 0 Å². The molecule has 0 aromatic rings. The van der Waals surface area contributed by atoms with Crippen molar-refractivity contribution >= 4 is 0 Å². The van der Waals surface area contributed by atoms with Crippen LogP contribution in [-0.4, -0.2) is 34.0 Å². The SMILES string of the molecule is CCC(C[O-])(COC)COC. The van der Waals surface area contributed by atoms with Crippen LogP contribution in [-0.2, 0) is 9.47 Å². The summed E-state index contributed by atoms with van der Waals surface area (Å²) in [6.45, 7) is 2.82. The molecule has 0 N–H and O–H groups in total. The van der Waals surface area contributed by atoms with Crippen molar-refractivity contribution in [3.63, 3.8) is 0 Å². The van der Waals surface area contributed by atoms with Gasteiger partial charge in [0.25, 0.3) is 0 Å². The normalized spacial score (nSPS) is 12.0. The summed E-state index contributed by atoms with van der Waals surface area (Å²) in [4.78, 5) is 0. The van der Waals surface area contributed by atoms with Crippen molar-refractivity contribution in [2.24, 2.45) is 5.41 Å². The van der Waals surface area contributed by atoms with E-state index in [4.69, 9.17) is 9.47 Å². The van der Waals surface area contributed by atoms with Gasteiger partial charge >= 0.3 is 0 Å². The van der Waals surface area contributed by atoms with Crippen LogP contribution in [0, 0.1) is 5.41 Å². The highest BCUT2D eigenvalue weighted by Gasteiger charge is 2.22. The van der Waals surface area contributed by atoms with Gasteiger partial charge in [-0.15, -0.1) is 6.61 Å². The van der Waals surface area contributed by atoms with E-state index < -0.39 is 0 Å². The lowest BCUT2D eigenvalue weighted by molar-refractivity contribution is -0.398. The van der Waals surface area contributed by atoms with Crippen molar-refractivity contribution in [1.29, 1.82) is 0 Å². The molecule has 0 heterocycles. The summed E-state index contributed by atoms with van der Waals surface area (Å²) in [6, 6.07) is 0. The summed E-state index contributed by atoms with van der Waals surface area (Å²) in [7, 11) is 3.21. The first kappa shape index (κ1) is 10.9. The molecule has 0 aromatic heterocycles. The summed E-state index contributed by atoms with van der Waals surface area (Å²) in [5.41, 5.74) is -0.316. The molecular formula is C8H17O3-. The lowest BCUT2D eigenvalue weighted by Crippen LogP contribution is -2.40. The molecule has 0 rings (SSSR count). The standard InChI is InChI=1S/C8H17O3/c1-4-8(5-9,6-10-2)7-11-3/h4-7H2,1-3H3/q-1. The first-order valence-electron chi connectivity index (χ1n) is 3.80. The minimum Gasteiger partial charge on any atom is -0.854 e. The smallest absolute Gasteiger partial charge is 0.0527 e. The van der Waals surface area contributed by atoms with Crippen LogP contribution in [0.5, 0.6) is 0 Å². The summed E-state index contributed by atoms with van der Waals surface area (Å²) in [5, 5.41) is 10.8. The van der Waals surface area contributed by atoms with Crippen molar-refractivity contribution < 1.29 is 14.6 Å². The molecule has 0 amide bonds. The Morgan fingerprint density at radius 2 is 1.64 bits per heavy atom. The number of methoxy groups -OCH3 is 2. The Morgan fingerprint density at radius 1 is 1.18 bits per heavy atom. The number of rotatable bonds is 6. The van der Waals surface area contributed by atoms with Crippen molar-refractivity contribution in [3.8, 4) is 0 Å². The highest BCUT2D eigenvalue weighted by atomic mass is 16.5. The molecular weight excluding hydrogens is 144 g/mol. The first-order valence-corrected chi connectivity index (χ1v) is 3.80. The van der Waals surface area contributed by atoms with Crippen LogP contribution in [0.4, 0.5) is 0 Å². The van der Waals surface area contributed by atoms with E-state index >= 15 is 0 Å². The maximum absolute atomic E-state index is 10.8. The Hall–Kier alpha value is -0.120. The van der Waals surface area contributed by atoms with E-state index in [1.165, 1.54) is 0 Å². The number of hydrogen-bond acceptors (Lipinski definition) is 3. The zero-order chi connectivity index (χ0) is 8.74. The maximum atomic E-state index is 10.8. The third-order valence-corrected chi connectivity index (χ3v) is 1.96. The van der Waals surface area contributed by atoms with Gasteiger partial charge < -0.3 is 14.6 Å². The molecule has 0 aliphatic rings. The lowest BCUT2D eigenvalue weighted by atomic mass is 9.88. The van der Waals surface area contributed by atoms with Gasteiger partial charge in [-0.1, -0.05) is 6.92 Å². The Morgan fingerprint density at radius 3 is 1.82 bits per heavy atom. The van der Waals surface area contributed by atoms with E-state index in [-0.39, 0.29) is 12.0 Å². The minimum atomic E-state index is -0.316. The predicted octanol–water partition coefficient (Wildman–Crippen LogP) is 0.0359. The van der Waals surface area contributed by atoms with E-state index in [0.29, 0.717) is 13.2 Å². The van der Waals surface area contributed by atoms with E-state index in [2.05, 4.69) is 0 Å². The van der Waals surface area contributed by atoms with Crippen molar-refractivity contribution in [1.82, 2.24) is 0 Å². The fourth-order valence-electron chi connectivity index (χ4n) is 1.04. The maximum Gasteiger partial charge on any atom is 0.0527 e. The molecule has 3 heteroatoms. The van der Waals surface area contributed by atoms with Gasteiger partial charge in [0.05, 0.1) is 13.2 Å². The summed E-state index contributed by atoms with van der Waals surface area (Å²) >= 11 is 0. The van der Waals surface area contributed by atoms with Crippen LogP contribution in [0.3, 0.4) is 0 Å². The third-order valence-electron chi connectivity index (χ3n) is 1.96. The molecule has 0 aliphatic heterocycles. The van der Waals surface area contributed by atoms with Crippen molar-refractivity contribution in [3.05, 3.63) is 0 Å². The lowest BCUT2D eigenvalue weighted by Gasteiger charge is -2.34. The zero-order valence-corrected chi connectivity index (χ0v) is 7.55. The molecule has 0 radical (unpaired) electrons.